The standard InChI is InChI=1S/C3H2N.Y/c1-2-3-4;/h1H2;/q-1;. The number of hydrogen-bond donors (Lipinski definition) is 0. The molecule has 0 aliphatic rings. The van der Waals surface area contributed by atoms with Crippen molar-refractivity contribution in [3.8, 4) is 6.07 Å². The fourth-order valence-corrected chi connectivity index (χ4v) is 0. The number of allylic oxidation sites excluding steroid dienone is 1. The summed E-state index contributed by atoms with van der Waals surface area (Å²) >= 11 is 0. The summed E-state index contributed by atoms with van der Waals surface area (Å²) in [6, 6.07) is 1.57. The van der Waals surface area contributed by atoms with Gasteiger partial charge >= 0.3 is 0 Å². The van der Waals surface area contributed by atoms with Crippen LogP contribution < -0.4 is 0 Å². The second-order valence-corrected chi connectivity index (χ2v) is 0.289. The topological polar surface area (TPSA) is 23.8 Å². The Morgan fingerprint density at radius 3 is 2.00 bits per heavy atom. The molecule has 0 aliphatic heterocycles. The average Bonchev–Trinajstić information content (AvgIpc) is 1.37. The predicted octanol–water partition coefficient (Wildman–Crippen LogP) is 0.497. The molecule has 0 rings (SSSR count). The molecule has 0 amide bonds. The van der Waals surface area contributed by atoms with Crippen LogP contribution in [0, 0.1) is 17.4 Å². The van der Waals surface area contributed by atoms with Gasteiger partial charge in [-0.3, -0.25) is 6.58 Å². The molecule has 0 unspecified atom stereocenters. The van der Waals surface area contributed by atoms with Crippen LogP contribution in [0.5, 0.6) is 0 Å². The van der Waals surface area contributed by atoms with Gasteiger partial charge in [0.1, 0.15) is 0 Å². The van der Waals surface area contributed by atoms with Gasteiger partial charge in [-0.15, -0.1) is 6.07 Å². The smallest absolute Gasteiger partial charge is 0 e. The van der Waals surface area contributed by atoms with Gasteiger partial charge in [0.25, 0.3) is 0 Å². The van der Waals surface area contributed by atoms with Crippen LogP contribution in [-0.2, 0) is 32.7 Å². The van der Waals surface area contributed by atoms with Crippen molar-refractivity contribution < 1.29 is 32.7 Å². The maximum atomic E-state index is 7.45. The summed E-state index contributed by atoms with van der Waals surface area (Å²) < 4.78 is 0. The molecule has 0 N–H and O–H groups in total. The largest absolute Gasteiger partial charge is 0.393 e. The number of rotatable bonds is 0. The zero-order valence-electron chi connectivity index (χ0n) is 2.73. The number of nitrogens with zero attached hydrogens (tertiary/aromatic N) is 1. The molecule has 0 heterocycles. The average molecular weight is 141 g/mol. The summed E-state index contributed by atoms with van der Waals surface area (Å²) in [6.07, 6.45) is 1.99. The summed E-state index contributed by atoms with van der Waals surface area (Å²) in [5.74, 6) is 0. The van der Waals surface area contributed by atoms with Gasteiger partial charge in [0.05, 0.1) is 0 Å². The Bertz CT molecular complexity index is 52.4. The third-order valence-corrected chi connectivity index (χ3v) is 0.0791. The molecule has 1 radical (unpaired) electrons. The Hall–Kier alpha value is 0.334. The minimum atomic E-state index is 0. The van der Waals surface area contributed by atoms with Crippen molar-refractivity contribution in [2.45, 2.75) is 0 Å². The first-order valence-electron chi connectivity index (χ1n) is 0.827. The van der Waals surface area contributed by atoms with Gasteiger partial charge in [0.15, 0.2) is 0 Å². The summed E-state index contributed by atoms with van der Waals surface area (Å²) in [5.41, 5.74) is 0. The first kappa shape index (κ1) is 9.01. The molecule has 23 valence electrons. The molecule has 0 aromatic heterocycles. The van der Waals surface area contributed by atoms with Crippen LogP contribution >= 0.6 is 0 Å². The van der Waals surface area contributed by atoms with Crippen molar-refractivity contribution in [1.82, 2.24) is 0 Å². The molecule has 0 saturated carbocycles. The fraction of sp³-hybridized carbons (Fsp3) is 0. The third-order valence-electron chi connectivity index (χ3n) is 0.0791. The summed E-state index contributed by atoms with van der Waals surface area (Å²) in [7, 11) is 0. The van der Waals surface area contributed by atoms with Gasteiger partial charge in [0.2, 0.25) is 0 Å². The van der Waals surface area contributed by atoms with Gasteiger partial charge in [-0.25, -0.2) is 5.26 Å². The van der Waals surface area contributed by atoms with Crippen molar-refractivity contribution in [3.63, 3.8) is 0 Å². The van der Waals surface area contributed by atoms with Gasteiger partial charge in [-0.2, -0.15) is 0 Å². The van der Waals surface area contributed by atoms with Crippen LogP contribution in [-0.4, -0.2) is 0 Å². The van der Waals surface area contributed by atoms with E-state index in [-0.39, 0.29) is 32.7 Å². The van der Waals surface area contributed by atoms with E-state index in [1.807, 2.05) is 6.08 Å². The maximum absolute atomic E-state index is 7.45. The van der Waals surface area contributed by atoms with Gasteiger partial charge in [0, 0.05) is 32.7 Å². The zero-order chi connectivity index (χ0) is 3.41. The molecule has 0 bridgehead atoms. The first-order valence-corrected chi connectivity index (χ1v) is 0.827. The zero-order valence-corrected chi connectivity index (χ0v) is 5.57. The molecule has 0 aromatic carbocycles. The minimum Gasteiger partial charge on any atom is -0.393 e. The molecule has 0 atom stereocenters. The molecular formula is C3H2NY-. The van der Waals surface area contributed by atoms with Gasteiger partial charge in [-0.05, 0) is 0 Å². The summed E-state index contributed by atoms with van der Waals surface area (Å²) in [5, 5.41) is 7.45. The van der Waals surface area contributed by atoms with Crippen molar-refractivity contribution in [2.24, 2.45) is 0 Å². The molecule has 0 spiro atoms. The Morgan fingerprint density at radius 1 is 1.80 bits per heavy atom. The first-order chi connectivity index (χ1) is 1.91. The fourth-order valence-electron chi connectivity index (χ4n) is 0. The molecule has 2 heteroatoms. The molecule has 5 heavy (non-hydrogen) atoms. The van der Waals surface area contributed by atoms with Crippen LogP contribution in [0.1, 0.15) is 0 Å². The number of nitriles is 1. The van der Waals surface area contributed by atoms with E-state index in [2.05, 4.69) is 6.58 Å². The van der Waals surface area contributed by atoms with E-state index < -0.39 is 0 Å². The Kier molecular flexibility index (Phi) is 15.9. The van der Waals surface area contributed by atoms with E-state index in [0.717, 1.165) is 0 Å². The van der Waals surface area contributed by atoms with Crippen molar-refractivity contribution in [1.29, 1.82) is 5.26 Å². The summed E-state index contributed by atoms with van der Waals surface area (Å²) in [6.45, 7) is 2.99. The summed E-state index contributed by atoms with van der Waals surface area (Å²) in [4.78, 5) is 0. The minimum absolute atomic E-state index is 0. The van der Waals surface area contributed by atoms with Crippen LogP contribution in [0.3, 0.4) is 0 Å². The predicted molar refractivity (Wildman–Crippen MR) is 14.5 cm³/mol. The van der Waals surface area contributed by atoms with E-state index in [0.29, 0.717) is 0 Å². The normalized spacial score (nSPS) is 3.00. The van der Waals surface area contributed by atoms with E-state index in [1.54, 1.807) is 6.07 Å². The number of hydrogen-bond acceptors (Lipinski definition) is 1. The van der Waals surface area contributed by atoms with E-state index in [1.165, 1.54) is 0 Å². The van der Waals surface area contributed by atoms with Crippen LogP contribution in [0.4, 0.5) is 0 Å². The van der Waals surface area contributed by atoms with Gasteiger partial charge < -0.3 is 6.08 Å². The van der Waals surface area contributed by atoms with E-state index >= 15 is 0 Å². The SMILES string of the molecule is C=[C-]C#N.[Y]. The van der Waals surface area contributed by atoms with Crippen molar-refractivity contribution >= 4 is 0 Å². The van der Waals surface area contributed by atoms with Crippen molar-refractivity contribution in [2.75, 3.05) is 0 Å². The van der Waals surface area contributed by atoms with E-state index in [4.69, 9.17) is 5.26 Å². The second kappa shape index (κ2) is 8.84. The molecule has 0 aromatic rings. The van der Waals surface area contributed by atoms with Gasteiger partial charge in [-0.1, -0.05) is 0 Å². The van der Waals surface area contributed by atoms with E-state index in [9.17, 15) is 0 Å². The molecule has 1 nitrogen and oxygen atoms in total. The van der Waals surface area contributed by atoms with Crippen molar-refractivity contribution in [3.05, 3.63) is 12.7 Å². The van der Waals surface area contributed by atoms with Crippen LogP contribution in [0.2, 0.25) is 0 Å². The maximum Gasteiger partial charge on any atom is 0 e. The Labute approximate surface area is 56.6 Å². The Balaban J connectivity index is 0. The molecule has 0 aliphatic carbocycles. The van der Waals surface area contributed by atoms with Crippen LogP contribution in [0.25, 0.3) is 0 Å². The third kappa shape index (κ3) is 13.3. The van der Waals surface area contributed by atoms with Crippen LogP contribution in [0.15, 0.2) is 6.58 Å². The monoisotopic (exact) mass is 141 g/mol. The second-order valence-electron chi connectivity index (χ2n) is 0.289. The Morgan fingerprint density at radius 2 is 2.00 bits per heavy atom. The molecule has 0 saturated heterocycles. The molecular weight excluding hydrogens is 139 g/mol. The quantitative estimate of drug-likeness (QED) is 0.355. The molecule has 0 fully saturated rings.